The summed E-state index contributed by atoms with van der Waals surface area (Å²) in [7, 11) is -2.59. The fourth-order valence-electron chi connectivity index (χ4n) is 3.27. The Morgan fingerprint density at radius 1 is 0.897 bits per heavy atom. The van der Waals surface area contributed by atoms with Crippen LogP contribution in [0.25, 0.3) is 33.3 Å². The first-order valence-electron chi connectivity index (χ1n) is 8.96. The summed E-state index contributed by atoms with van der Waals surface area (Å²) in [6.45, 7) is 0.535. The van der Waals surface area contributed by atoms with Crippen molar-refractivity contribution in [3.63, 3.8) is 0 Å². The van der Waals surface area contributed by atoms with Crippen molar-refractivity contribution >= 4 is 32.8 Å². The number of thiol groups is 1. The van der Waals surface area contributed by atoms with E-state index in [2.05, 4.69) is 21.4 Å². The third-order valence-electron chi connectivity index (χ3n) is 4.73. The quantitative estimate of drug-likeness (QED) is 0.466. The molecule has 0 saturated heterocycles. The predicted octanol–water partition coefficient (Wildman–Crippen LogP) is 3.06. The smallest absolute Gasteiger partial charge is 0.179 e. The van der Waals surface area contributed by atoms with Crippen LogP contribution >= 0.6 is 0 Å². The largest absolute Gasteiger partial charge is 0.256 e. The Morgan fingerprint density at radius 2 is 1.72 bits per heavy atom. The van der Waals surface area contributed by atoms with Gasteiger partial charge in [0.05, 0.1) is 22.7 Å². The highest BCUT2D eigenvalue weighted by atomic mass is 32.2. The van der Waals surface area contributed by atoms with Crippen molar-refractivity contribution in [2.45, 2.75) is 11.4 Å². The summed E-state index contributed by atoms with van der Waals surface area (Å²) in [6.07, 6.45) is 1.78. The standard InChI is InChI=1S/C21H15N5O2S/c27-29(28)17-6-4-15(5-7-17)19-9-10-20-21(23-19)26(25-24-20)13-14-3-8-18-16(12-14)2-1-11-22-18/h1-12,29H,13H2. The van der Waals surface area contributed by atoms with Crippen LogP contribution in [0, 0.1) is 0 Å². The second kappa shape index (κ2) is 7.06. The minimum atomic E-state index is -2.59. The summed E-state index contributed by atoms with van der Waals surface area (Å²) in [4.78, 5) is 9.34. The van der Waals surface area contributed by atoms with Crippen LogP contribution in [0.4, 0.5) is 0 Å². The van der Waals surface area contributed by atoms with E-state index in [1.54, 1.807) is 35.1 Å². The molecule has 0 aliphatic rings. The van der Waals surface area contributed by atoms with Crippen LogP contribution in [0.2, 0.25) is 0 Å². The second-order valence-electron chi connectivity index (χ2n) is 6.62. The Hall–Kier alpha value is -3.65. The number of nitrogens with zero attached hydrogens (tertiary/aromatic N) is 5. The maximum absolute atomic E-state index is 11.1. The van der Waals surface area contributed by atoms with E-state index in [0.717, 1.165) is 27.7 Å². The lowest BCUT2D eigenvalue weighted by Gasteiger charge is -2.05. The van der Waals surface area contributed by atoms with Crippen LogP contribution in [0.15, 0.2) is 77.8 Å². The molecular formula is C21H15N5O2S. The average Bonchev–Trinajstić information content (AvgIpc) is 3.15. The van der Waals surface area contributed by atoms with E-state index in [0.29, 0.717) is 17.7 Å². The lowest BCUT2D eigenvalue weighted by Crippen LogP contribution is -2.03. The van der Waals surface area contributed by atoms with Crippen molar-refractivity contribution in [3.05, 3.63) is 78.5 Å². The zero-order valence-electron chi connectivity index (χ0n) is 15.1. The first kappa shape index (κ1) is 17.4. The molecule has 29 heavy (non-hydrogen) atoms. The van der Waals surface area contributed by atoms with Crippen molar-refractivity contribution < 1.29 is 8.42 Å². The molecule has 0 spiro atoms. The lowest BCUT2D eigenvalue weighted by molar-refractivity contribution is 0.614. The fraction of sp³-hybridized carbons (Fsp3) is 0.0476. The van der Waals surface area contributed by atoms with Crippen molar-refractivity contribution in [2.75, 3.05) is 0 Å². The number of rotatable bonds is 4. The summed E-state index contributed by atoms with van der Waals surface area (Å²) >= 11 is 0. The number of hydrogen-bond donors (Lipinski definition) is 1. The van der Waals surface area contributed by atoms with Crippen molar-refractivity contribution in [1.82, 2.24) is 25.0 Å². The SMILES string of the molecule is O=[SH](=O)c1ccc(-c2ccc3nnn(Cc4ccc5ncccc5c4)c3n2)cc1. The number of pyridine rings is 2. The number of aromatic nitrogens is 5. The monoisotopic (exact) mass is 401 g/mol. The van der Waals surface area contributed by atoms with E-state index >= 15 is 0 Å². The second-order valence-corrected chi connectivity index (χ2v) is 7.65. The number of fused-ring (bicyclic) bond motifs is 2. The lowest BCUT2D eigenvalue weighted by atomic mass is 10.1. The molecule has 0 radical (unpaired) electrons. The molecular weight excluding hydrogens is 386 g/mol. The van der Waals surface area contributed by atoms with Gasteiger partial charge in [-0.3, -0.25) is 4.98 Å². The molecule has 0 aliphatic heterocycles. The molecule has 5 aromatic rings. The first-order valence-corrected chi connectivity index (χ1v) is 10.1. The number of hydrogen-bond acceptors (Lipinski definition) is 6. The first-order chi connectivity index (χ1) is 14.2. The average molecular weight is 401 g/mol. The summed E-state index contributed by atoms with van der Waals surface area (Å²) in [6, 6.07) is 20.4. The molecule has 0 aliphatic carbocycles. The van der Waals surface area contributed by atoms with E-state index in [9.17, 15) is 8.42 Å². The zero-order valence-corrected chi connectivity index (χ0v) is 16.0. The zero-order chi connectivity index (χ0) is 19.8. The van der Waals surface area contributed by atoms with Gasteiger partial charge in [0.25, 0.3) is 0 Å². The Morgan fingerprint density at radius 3 is 2.55 bits per heavy atom. The molecule has 0 atom stereocenters. The van der Waals surface area contributed by atoms with Crippen LogP contribution in [0.3, 0.4) is 0 Å². The Kier molecular flexibility index (Phi) is 4.25. The van der Waals surface area contributed by atoms with E-state index < -0.39 is 10.7 Å². The van der Waals surface area contributed by atoms with Gasteiger partial charge in [-0.1, -0.05) is 29.5 Å². The molecule has 3 heterocycles. The van der Waals surface area contributed by atoms with E-state index in [4.69, 9.17) is 4.98 Å². The molecule has 7 nitrogen and oxygen atoms in total. The van der Waals surface area contributed by atoms with Crippen LogP contribution in [0.1, 0.15) is 5.56 Å². The Bertz CT molecular complexity index is 1420. The van der Waals surface area contributed by atoms with Crippen LogP contribution < -0.4 is 0 Å². The van der Waals surface area contributed by atoms with Crippen LogP contribution in [-0.4, -0.2) is 33.4 Å². The maximum Gasteiger partial charge on any atom is 0.179 e. The van der Waals surface area contributed by atoms with Gasteiger partial charge in [-0.25, -0.2) is 18.1 Å². The van der Waals surface area contributed by atoms with Crippen molar-refractivity contribution in [2.24, 2.45) is 0 Å². The normalized spacial score (nSPS) is 11.5. The third-order valence-corrected chi connectivity index (χ3v) is 5.45. The molecule has 8 heteroatoms. The highest BCUT2D eigenvalue weighted by molar-refractivity contribution is 7.72. The van der Waals surface area contributed by atoms with Gasteiger partial charge in [0.1, 0.15) is 5.52 Å². The summed E-state index contributed by atoms with van der Waals surface area (Å²) < 4.78 is 23.9. The van der Waals surface area contributed by atoms with Gasteiger partial charge in [0.2, 0.25) is 0 Å². The molecule has 142 valence electrons. The van der Waals surface area contributed by atoms with Gasteiger partial charge in [0, 0.05) is 17.1 Å². The molecule has 0 amide bonds. The topological polar surface area (TPSA) is 90.6 Å². The van der Waals surface area contributed by atoms with Crippen molar-refractivity contribution in [1.29, 1.82) is 0 Å². The van der Waals surface area contributed by atoms with E-state index in [-0.39, 0.29) is 4.90 Å². The summed E-state index contributed by atoms with van der Waals surface area (Å²) in [5.41, 5.74) is 4.97. The summed E-state index contributed by atoms with van der Waals surface area (Å²) in [5.74, 6) is 0. The van der Waals surface area contributed by atoms with E-state index in [1.165, 1.54) is 0 Å². The third kappa shape index (κ3) is 3.34. The molecule has 3 aromatic heterocycles. The highest BCUT2D eigenvalue weighted by Gasteiger charge is 2.10. The van der Waals surface area contributed by atoms with Gasteiger partial charge in [0.15, 0.2) is 16.4 Å². The van der Waals surface area contributed by atoms with Crippen LogP contribution in [0.5, 0.6) is 0 Å². The van der Waals surface area contributed by atoms with Crippen molar-refractivity contribution in [3.8, 4) is 11.3 Å². The molecule has 2 aromatic carbocycles. The Balaban J connectivity index is 1.51. The van der Waals surface area contributed by atoms with Gasteiger partial charge in [-0.15, -0.1) is 5.10 Å². The van der Waals surface area contributed by atoms with Crippen LogP contribution in [-0.2, 0) is 17.2 Å². The minimum absolute atomic E-state index is 0.280. The maximum atomic E-state index is 11.1. The molecule has 5 rings (SSSR count). The molecule has 0 saturated carbocycles. The predicted molar refractivity (Wildman–Crippen MR) is 110 cm³/mol. The molecule has 0 bridgehead atoms. The van der Waals surface area contributed by atoms with Gasteiger partial charge < -0.3 is 0 Å². The number of benzene rings is 2. The molecule has 0 unspecified atom stereocenters. The van der Waals surface area contributed by atoms with Gasteiger partial charge >= 0.3 is 0 Å². The molecule has 0 fully saturated rings. The Labute approximate surface area is 167 Å². The summed E-state index contributed by atoms with van der Waals surface area (Å²) in [5, 5.41) is 9.53. The molecule has 0 N–H and O–H groups in total. The highest BCUT2D eigenvalue weighted by Crippen LogP contribution is 2.22. The van der Waals surface area contributed by atoms with E-state index in [1.807, 2.05) is 36.4 Å². The van der Waals surface area contributed by atoms with Gasteiger partial charge in [-0.05, 0) is 48.0 Å². The van der Waals surface area contributed by atoms with Gasteiger partial charge in [-0.2, -0.15) is 0 Å². The minimum Gasteiger partial charge on any atom is -0.256 e. The fourth-order valence-corrected chi connectivity index (χ4v) is 3.66.